The van der Waals surface area contributed by atoms with Gasteiger partial charge in [-0.15, -0.1) is 0 Å². The van der Waals surface area contributed by atoms with Crippen molar-refractivity contribution in [3.63, 3.8) is 0 Å². The van der Waals surface area contributed by atoms with Gasteiger partial charge >= 0.3 is 6.03 Å². The SMILES string of the molecule is COc1cccc(CCN2CCN(C(=O)Nc3ccc(C)c(C)c3)CC2)c1. The third-order valence-electron chi connectivity index (χ3n) is 5.27. The van der Waals surface area contributed by atoms with Crippen molar-refractivity contribution in [3.8, 4) is 5.75 Å². The maximum atomic E-state index is 12.5. The highest BCUT2D eigenvalue weighted by Crippen LogP contribution is 2.16. The summed E-state index contributed by atoms with van der Waals surface area (Å²) in [4.78, 5) is 16.8. The lowest BCUT2D eigenvalue weighted by molar-refractivity contribution is 0.148. The van der Waals surface area contributed by atoms with Crippen molar-refractivity contribution in [3.05, 3.63) is 59.2 Å². The Bertz CT molecular complexity index is 783. The van der Waals surface area contributed by atoms with Gasteiger partial charge in [0.05, 0.1) is 7.11 Å². The van der Waals surface area contributed by atoms with E-state index in [0.29, 0.717) is 0 Å². The molecule has 0 atom stereocenters. The molecule has 2 amide bonds. The molecule has 0 aromatic heterocycles. The lowest BCUT2D eigenvalue weighted by atomic mass is 10.1. The van der Waals surface area contributed by atoms with E-state index in [0.717, 1.165) is 50.6 Å². The van der Waals surface area contributed by atoms with Crippen LogP contribution in [0.15, 0.2) is 42.5 Å². The molecule has 1 saturated heterocycles. The van der Waals surface area contributed by atoms with Crippen molar-refractivity contribution in [1.82, 2.24) is 9.80 Å². The summed E-state index contributed by atoms with van der Waals surface area (Å²) in [7, 11) is 1.70. The van der Waals surface area contributed by atoms with E-state index in [1.54, 1.807) is 7.11 Å². The number of anilines is 1. The van der Waals surface area contributed by atoms with Gasteiger partial charge in [-0.1, -0.05) is 18.2 Å². The second kappa shape index (κ2) is 8.91. The van der Waals surface area contributed by atoms with E-state index in [1.165, 1.54) is 16.7 Å². The van der Waals surface area contributed by atoms with E-state index in [1.807, 2.05) is 35.2 Å². The van der Waals surface area contributed by atoms with Gasteiger partial charge in [0, 0.05) is 38.4 Å². The van der Waals surface area contributed by atoms with Crippen molar-refractivity contribution in [1.29, 1.82) is 0 Å². The summed E-state index contributed by atoms with van der Waals surface area (Å²) >= 11 is 0. The van der Waals surface area contributed by atoms with Gasteiger partial charge in [0.2, 0.25) is 0 Å². The molecule has 0 saturated carbocycles. The summed E-state index contributed by atoms with van der Waals surface area (Å²) in [5.41, 5.74) is 4.57. The van der Waals surface area contributed by atoms with Crippen LogP contribution < -0.4 is 10.1 Å². The number of hydrogen-bond donors (Lipinski definition) is 1. The zero-order valence-electron chi connectivity index (χ0n) is 16.5. The first-order valence-corrected chi connectivity index (χ1v) is 9.53. The minimum Gasteiger partial charge on any atom is -0.497 e. The quantitative estimate of drug-likeness (QED) is 0.876. The van der Waals surface area contributed by atoms with Crippen molar-refractivity contribution < 1.29 is 9.53 Å². The molecular formula is C22H29N3O2. The number of hydrogen-bond acceptors (Lipinski definition) is 3. The molecule has 1 aliphatic rings. The van der Waals surface area contributed by atoms with E-state index in [2.05, 4.69) is 36.2 Å². The molecule has 1 aliphatic heterocycles. The lowest BCUT2D eigenvalue weighted by Gasteiger charge is -2.34. The van der Waals surface area contributed by atoms with E-state index in [9.17, 15) is 4.79 Å². The normalized spacial score (nSPS) is 14.9. The Morgan fingerprint density at radius 2 is 1.81 bits per heavy atom. The number of piperazine rings is 1. The van der Waals surface area contributed by atoms with Crippen molar-refractivity contribution >= 4 is 11.7 Å². The molecule has 2 aromatic rings. The predicted molar refractivity (Wildman–Crippen MR) is 110 cm³/mol. The average molecular weight is 367 g/mol. The highest BCUT2D eigenvalue weighted by atomic mass is 16.5. The van der Waals surface area contributed by atoms with E-state index in [-0.39, 0.29) is 6.03 Å². The van der Waals surface area contributed by atoms with Gasteiger partial charge in [-0.2, -0.15) is 0 Å². The minimum atomic E-state index is -0.00861. The summed E-state index contributed by atoms with van der Waals surface area (Å²) in [6.07, 6.45) is 0.992. The number of methoxy groups -OCH3 is 1. The second-order valence-electron chi connectivity index (χ2n) is 7.16. The van der Waals surface area contributed by atoms with Crippen LogP contribution in [-0.2, 0) is 6.42 Å². The van der Waals surface area contributed by atoms with Crippen molar-refractivity contribution in [2.24, 2.45) is 0 Å². The number of carbonyl (C=O) groups excluding carboxylic acids is 1. The van der Waals surface area contributed by atoms with Crippen molar-refractivity contribution in [2.45, 2.75) is 20.3 Å². The van der Waals surface area contributed by atoms with Crippen LogP contribution in [-0.4, -0.2) is 55.7 Å². The maximum absolute atomic E-state index is 12.5. The number of nitrogens with one attached hydrogen (secondary N) is 1. The molecule has 27 heavy (non-hydrogen) atoms. The van der Waals surface area contributed by atoms with Gasteiger partial charge in [-0.3, -0.25) is 4.90 Å². The highest BCUT2D eigenvalue weighted by molar-refractivity contribution is 5.89. The monoisotopic (exact) mass is 367 g/mol. The van der Waals surface area contributed by atoms with Crippen molar-refractivity contribution in [2.75, 3.05) is 45.2 Å². The van der Waals surface area contributed by atoms with Gasteiger partial charge in [0.15, 0.2) is 0 Å². The van der Waals surface area contributed by atoms with Gasteiger partial charge in [-0.05, 0) is 61.2 Å². The van der Waals surface area contributed by atoms with Crippen LogP contribution in [0.25, 0.3) is 0 Å². The number of benzene rings is 2. The van der Waals surface area contributed by atoms with Crippen LogP contribution in [0.4, 0.5) is 10.5 Å². The molecule has 5 nitrogen and oxygen atoms in total. The number of urea groups is 1. The summed E-state index contributed by atoms with van der Waals surface area (Å²) in [6.45, 7) is 8.47. The van der Waals surface area contributed by atoms with E-state index >= 15 is 0 Å². The summed E-state index contributed by atoms with van der Waals surface area (Å²) in [5, 5.41) is 3.02. The van der Waals surface area contributed by atoms with Gasteiger partial charge < -0.3 is 15.0 Å². The van der Waals surface area contributed by atoms with Crippen LogP contribution in [0.2, 0.25) is 0 Å². The highest BCUT2D eigenvalue weighted by Gasteiger charge is 2.21. The fourth-order valence-electron chi connectivity index (χ4n) is 3.31. The molecule has 1 fully saturated rings. The number of rotatable bonds is 5. The molecule has 5 heteroatoms. The molecular weight excluding hydrogens is 338 g/mol. The Labute approximate surface area is 161 Å². The first kappa shape index (κ1) is 19.2. The molecule has 0 aliphatic carbocycles. The molecule has 3 rings (SSSR count). The van der Waals surface area contributed by atoms with E-state index < -0.39 is 0 Å². The van der Waals surface area contributed by atoms with Gasteiger partial charge in [0.1, 0.15) is 5.75 Å². The fourth-order valence-corrected chi connectivity index (χ4v) is 3.31. The molecule has 0 bridgehead atoms. The Hall–Kier alpha value is -2.53. The summed E-state index contributed by atoms with van der Waals surface area (Å²) in [5.74, 6) is 0.903. The zero-order chi connectivity index (χ0) is 19.2. The van der Waals surface area contributed by atoms with Crippen LogP contribution in [0.5, 0.6) is 5.75 Å². The third kappa shape index (κ3) is 5.23. The Kier molecular flexibility index (Phi) is 6.35. The maximum Gasteiger partial charge on any atom is 0.321 e. The number of aryl methyl sites for hydroxylation is 2. The van der Waals surface area contributed by atoms with Crippen LogP contribution in [0, 0.1) is 13.8 Å². The van der Waals surface area contributed by atoms with Gasteiger partial charge in [0.25, 0.3) is 0 Å². The largest absolute Gasteiger partial charge is 0.497 e. The molecule has 0 unspecified atom stereocenters. The number of nitrogens with zero attached hydrogens (tertiary/aromatic N) is 2. The number of amides is 2. The van der Waals surface area contributed by atoms with Crippen LogP contribution in [0.3, 0.4) is 0 Å². The average Bonchev–Trinajstić information content (AvgIpc) is 2.69. The topological polar surface area (TPSA) is 44.8 Å². The number of carbonyl (C=O) groups is 1. The molecule has 2 aromatic carbocycles. The minimum absolute atomic E-state index is 0.00861. The third-order valence-corrected chi connectivity index (χ3v) is 5.27. The Balaban J connectivity index is 1.45. The predicted octanol–water partition coefficient (Wildman–Crippen LogP) is 3.70. The fraction of sp³-hybridized carbons (Fsp3) is 0.409. The smallest absolute Gasteiger partial charge is 0.321 e. The summed E-state index contributed by atoms with van der Waals surface area (Å²) in [6, 6.07) is 14.2. The lowest BCUT2D eigenvalue weighted by Crippen LogP contribution is -2.50. The van der Waals surface area contributed by atoms with Crippen LogP contribution in [0.1, 0.15) is 16.7 Å². The molecule has 1 N–H and O–H groups in total. The first-order chi connectivity index (χ1) is 13.0. The van der Waals surface area contributed by atoms with Crippen LogP contribution >= 0.6 is 0 Å². The number of ether oxygens (including phenoxy) is 1. The molecule has 0 radical (unpaired) electrons. The molecule has 1 heterocycles. The Morgan fingerprint density at radius 3 is 2.52 bits per heavy atom. The van der Waals surface area contributed by atoms with E-state index in [4.69, 9.17) is 4.74 Å². The first-order valence-electron chi connectivity index (χ1n) is 9.53. The molecule has 0 spiro atoms. The second-order valence-corrected chi connectivity index (χ2v) is 7.16. The zero-order valence-corrected chi connectivity index (χ0v) is 16.5. The standard InChI is InChI=1S/C22H29N3O2/c1-17-7-8-20(15-18(17)2)23-22(26)25-13-11-24(12-14-25)10-9-19-5-4-6-21(16-19)27-3/h4-8,15-16H,9-14H2,1-3H3,(H,23,26). The summed E-state index contributed by atoms with van der Waals surface area (Å²) < 4.78 is 5.29. The molecule has 144 valence electrons. The Morgan fingerprint density at radius 1 is 1.04 bits per heavy atom. The van der Waals surface area contributed by atoms with Gasteiger partial charge in [-0.25, -0.2) is 4.79 Å².